The van der Waals surface area contributed by atoms with E-state index in [1.54, 1.807) is 20.0 Å². The zero-order valence-electron chi connectivity index (χ0n) is 10.8. The molecule has 4 nitrogen and oxygen atoms in total. The van der Waals surface area contributed by atoms with E-state index in [0.717, 1.165) is 5.52 Å². The number of nitrogens with one attached hydrogen (secondary N) is 1. The third kappa shape index (κ3) is 2.71. The number of hydrogen-bond donors (Lipinski definition) is 1. The van der Waals surface area contributed by atoms with E-state index < -0.39 is 0 Å². The summed E-state index contributed by atoms with van der Waals surface area (Å²) in [5, 5.41) is 2.57. The summed E-state index contributed by atoms with van der Waals surface area (Å²) < 4.78 is 15.4. The summed E-state index contributed by atoms with van der Waals surface area (Å²) in [7, 11) is 1.59. The van der Waals surface area contributed by atoms with Gasteiger partial charge in [-0.25, -0.2) is 9.37 Å². The average molecular weight is 284 g/mol. The molecule has 1 heterocycles. The van der Waals surface area contributed by atoms with Gasteiger partial charge in [0, 0.05) is 26.1 Å². The predicted octanol–water partition coefficient (Wildman–Crippen LogP) is 2.36. The highest BCUT2D eigenvalue weighted by Gasteiger charge is 2.13. The summed E-state index contributed by atoms with van der Waals surface area (Å²) in [5.74, 6) is 0.527. The van der Waals surface area contributed by atoms with Crippen LogP contribution in [0.25, 0.3) is 11.0 Å². The number of carbonyl (C=O) groups excluding carboxylic acids is 1. The first-order chi connectivity index (χ1) is 9.06. The van der Waals surface area contributed by atoms with Crippen LogP contribution in [-0.4, -0.2) is 22.5 Å². The number of rotatable bonds is 4. The Morgan fingerprint density at radius 3 is 2.89 bits per heavy atom. The predicted molar refractivity (Wildman–Crippen MR) is 72.7 cm³/mol. The summed E-state index contributed by atoms with van der Waals surface area (Å²) in [6.07, 6.45) is 0.336. The van der Waals surface area contributed by atoms with Crippen molar-refractivity contribution in [2.24, 2.45) is 0 Å². The highest BCUT2D eigenvalue weighted by Crippen LogP contribution is 2.21. The number of halogens is 2. The van der Waals surface area contributed by atoms with Crippen molar-refractivity contribution in [1.82, 2.24) is 14.9 Å². The van der Waals surface area contributed by atoms with Crippen molar-refractivity contribution in [2.45, 2.75) is 25.8 Å². The number of benzene rings is 1. The quantitative estimate of drug-likeness (QED) is 0.876. The first-order valence-electron chi connectivity index (χ1n) is 5.98. The molecule has 1 N–H and O–H groups in total. The number of hydrogen-bond acceptors (Lipinski definition) is 2. The van der Waals surface area contributed by atoms with E-state index in [-0.39, 0.29) is 17.6 Å². The highest BCUT2D eigenvalue weighted by atomic mass is 35.5. The van der Waals surface area contributed by atoms with Crippen molar-refractivity contribution in [3.63, 3.8) is 0 Å². The molecule has 0 saturated heterocycles. The molecule has 6 heteroatoms. The minimum Gasteiger partial charge on any atom is -0.359 e. The lowest BCUT2D eigenvalue weighted by molar-refractivity contribution is -0.120. The molecule has 102 valence electrons. The number of carbonyl (C=O) groups is 1. The lowest BCUT2D eigenvalue weighted by Gasteiger charge is -2.07. The number of aromatic nitrogens is 2. The maximum absolute atomic E-state index is 13.5. The summed E-state index contributed by atoms with van der Waals surface area (Å²) in [6.45, 7) is 2.18. The molecular formula is C13H15ClFN3O. The van der Waals surface area contributed by atoms with Gasteiger partial charge in [-0.05, 0) is 18.6 Å². The molecule has 0 atom stereocenters. The van der Waals surface area contributed by atoms with Crippen molar-refractivity contribution >= 4 is 28.5 Å². The Bertz CT molecular complexity index is 624. The largest absolute Gasteiger partial charge is 0.359 e. The summed E-state index contributed by atoms with van der Waals surface area (Å²) in [4.78, 5) is 15.6. The smallest absolute Gasteiger partial charge is 0.221 e. The van der Waals surface area contributed by atoms with E-state index in [1.165, 1.54) is 6.07 Å². The van der Waals surface area contributed by atoms with Gasteiger partial charge in [-0.2, -0.15) is 0 Å². The first-order valence-corrected chi connectivity index (χ1v) is 6.52. The van der Waals surface area contributed by atoms with Gasteiger partial charge in [-0.15, -0.1) is 11.6 Å². The van der Waals surface area contributed by atoms with Crippen molar-refractivity contribution < 1.29 is 9.18 Å². The average Bonchev–Trinajstić information content (AvgIpc) is 2.73. The van der Waals surface area contributed by atoms with Gasteiger partial charge in [-0.1, -0.05) is 0 Å². The number of fused-ring (bicyclic) bond motifs is 1. The van der Waals surface area contributed by atoms with Gasteiger partial charge in [0.25, 0.3) is 0 Å². The molecule has 2 rings (SSSR count). The molecule has 0 aliphatic rings. The lowest BCUT2D eigenvalue weighted by atomic mass is 10.2. The van der Waals surface area contributed by atoms with Gasteiger partial charge in [0.15, 0.2) is 0 Å². The second-order valence-electron chi connectivity index (χ2n) is 4.33. The van der Waals surface area contributed by atoms with Gasteiger partial charge < -0.3 is 9.88 Å². The second-order valence-corrected chi connectivity index (χ2v) is 4.59. The Morgan fingerprint density at radius 1 is 1.53 bits per heavy atom. The van der Waals surface area contributed by atoms with Crippen molar-refractivity contribution in [2.75, 3.05) is 7.05 Å². The van der Waals surface area contributed by atoms with E-state index >= 15 is 0 Å². The van der Waals surface area contributed by atoms with Crippen LogP contribution in [-0.2, 0) is 17.2 Å². The normalized spacial score (nSPS) is 10.9. The highest BCUT2D eigenvalue weighted by molar-refractivity contribution is 6.16. The molecule has 19 heavy (non-hydrogen) atoms. The summed E-state index contributed by atoms with van der Waals surface area (Å²) in [6, 6.07) is 3.13. The fraction of sp³-hybridized carbons (Fsp3) is 0.385. The van der Waals surface area contributed by atoms with Gasteiger partial charge in [-0.3, -0.25) is 4.79 Å². The van der Waals surface area contributed by atoms with Crippen LogP contribution in [0.1, 0.15) is 17.8 Å². The minimum atomic E-state index is -0.287. The molecule has 0 unspecified atom stereocenters. The molecule has 0 spiro atoms. The maximum atomic E-state index is 13.5. The molecule has 0 aliphatic carbocycles. The SMILES string of the molecule is CNC(=O)CCn1c(CCl)nc2cc(F)c(C)cc21. The van der Waals surface area contributed by atoms with Crippen molar-refractivity contribution in [3.8, 4) is 0 Å². The standard InChI is InChI=1S/C13H15ClFN3O/c1-8-5-11-10(6-9(8)15)17-12(7-14)18(11)4-3-13(19)16-2/h5-6H,3-4,7H2,1-2H3,(H,16,19). The zero-order valence-corrected chi connectivity index (χ0v) is 11.6. The molecule has 1 aromatic carbocycles. The number of amides is 1. The van der Waals surface area contributed by atoms with E-state index in [0.29, 0.717) is 29.9 Å². The van der Waals surface area contributed by atoms with E-state index in [9.17, 15) is 9.18 Å². The molecule has 1 amide bonds. The molecule has 0 fully saturated rings. The Morgan fingerprint density at radius 2 is 2.26 bits per heavy atom. The van der Waals surface area contributed by atoms with Crippen LogP contribution in [0.5, 0.6) is 0 Å². The molecule has 0 radical (unpaired) electrons. The van der Waals surface area contributed by atoms with Crippen LogP contribution in [0.2, 0.25) is 0 Å². The van der Waals surface area contributed by atoms with Gasteiger partial charge >= 0.3 is 0 Å². The lowest BCUT2D eigenvalue weighted by Crippen LogP contribution is -2.20. The molecule has 0 saturated carbocycles. The fourth-order valence-corrected chi connectivity index (χ4v) is 2.19. The molecular weight excluding hydrogens is 269 g/mol. The summed E-state index contributed by atoms with van der Waals surface area (Å²) in [5.41, 5.74) is 1.92. The topological polar surface area (TPSA) is 46.9 Å². The van der Waals surface area contributed by atoms with Crippen LogP contribution in [0.3, 0.4) is 0 Å². The van der Waals surface area contributed by atoms with Crippen LogP contribution >= 0.6 is 11.6 Å². The molecule has 1 aromatic heterocycles. The number of aryl methyl sites for hydroxylation is 2. The van der Waals surface area contributed by atoms with E-state index in [1.807, 2.05) is 4.57 Å². The second kappa shape index (κ2) is 5.57. The maximum Gasteiger partial charge on any atom is 0.221 e. The summed E-state index contributed by atoms with van der Waals surface area (Å²) >= 11 is 5.85. The Labute approximate surface area is 115 Å². The number of imidazole rings is 1. The van der Waals surface area contributed by atoms with Gasteiger partial charge in [0.05, 0.1) is 16.9 Å². The molecule has 0 bridgehead atoms. The Balaban J connectivity index is 2.44. The van der Waals surface area contributed by atoms with Crippen molar-refractivity contribution in [1.29, 1.82) is 0 Å². The fourth-order valence-electron chi connectivity index (χ4n) is 1.99. The van der Waals surface area contributed by atoms with Crippen LogP contribution < -0.4 is 5.32 Å². The zero-order chi connectivity index (χ0) is 14.0. The van der Waals surface area contributed by atoms with Crippen LogP contribution in [0.4, 0.5) is 4.39 Å². The first kappa shape index (κ1) is 13.8. The minimum absolute atomic E-state index is 0.0544. The van der Waals surface area contributed by atoms with Crippen molar-refractivity contribution in [3.05, 3.63) is 29.3 Å². The number of alkyl halides is 1. The van der Waals surface area contributed by atoms with Gasteiger partial charge in [0.1, 0.15) is 11.6 Å². The third-order valence-electron chi connectivity index (χ3n) is 3.07. The number of nitrogens with zero attached hydrogens (tertiary/aromatic N) is 2. The monoisotopic (exact) mass is 283 g/mol. The van der Waals surface area contributed by atoms with Crippen LogP contribution in [0, 0.1) is 12.7 Å². The Kier molecular flexibility index (Phi) is 4.04. The molecule has 0 aliphatic heterocycles. The van der Waals surface area contributed by atoms with E-state index in [4.69, 9.17) is 11.6 Å². The molecule has 2 aromatic rings. The van der Waals surface area contributed by atoms with Gasteiger partial charge in [0.2, 0.25) is 5.91 Å². The Hall–Kier alpha value is -1.62. The van der Waals surface area contributed by atoms with E-state index in [2.05, 4.69) is 10.3 Å². The third-order valence-corrected chi connectivity index (χ3v) is 3.31. The van der Waals surface area contributed by atoms with Crippen LogP contribution in [0.15, 0.2) is 12.1 Å².